The highest BCUT2D eigenvalue weighted by molar-refractivity contribution is 7.89. The number of rotatable bonds is 1. The summed E-state index contributed by atoms with van der Waals surface area (Å²) in [5.41, 5.74) is 0. The van der Waals surface area contributed by atoms with Crippen molar-refractivity contribution >= 4 is 10.0 Å². The van der Waals surface area contributed by atoms with Crippen molar-refractivity contribution in [3.8, 4) is 0 Å². The second-order valence-corrected chi connectivity index (χ2v) is 4.27. The third kappa shape index (κ3) is 1.82. The number of hydrogen-bond donors (Lipinski definition) is 1. The van der Waals surface area contributed by atoms with E-state index >= 15 is 0 Å². The third-order valence-corrected chi connectivity index (χ3v) is 2.87. The molecule has 0 amide bonds. The summed E-state index contributed by atoms with van der Waals surface area (Å²) in [6.45, 7) is 0. The average Bonchev–Trinajstić information content (AvgIpc) is 1.88. The average molecular weight is 161 g/mol. The van der Waals surface area contributed by atoms with E-state index in [9.17, 15) is 8.42 Å². The molecule has 1 unspecified atom stereocenters. The minimum absolute atomic E-state index is 0.429. The molecule has 1 rings (SSSR count). The maximum absolute atomic E-state index is 10.7. The minimum atomic E-state index is -3.31. The number of primary sulfonamides is 1. The Morgan fingerprint density at radius 3 is 2.50 bits per heavy atom. The Bertz CT molecular complexity index is 230. The smallest absolute Gasteiger partial charge is 0.215 e. The Labute approximate surface area is 61.0 Å². The van der Waals surface area contributed by atoms with Crippen LogP contribution in [-0.2, 0) is 10.0 Å². The van der Waals surface area contributed by atoms with Crippen molar-refractivity contribution in [1.29, 1.82) is 0 Å². The highest BCUT2D eigenvalue weighted by Crippen LogP contribution is 2.14. The van der Waals surface area contributed by atoms with Crippen LogP contribution in [0.15, 0.2) is 12.2 Å². The van der Waals surface area contributed by atoms with Crippen LogP contribution >= 0.6 is 0 Å². The van der Waals surface area contributed by atoms with E-state index in [0.29, 0.717) is 6.42 Å². The van der Waals surface area contributed by atoms with Gasteiger partial charge in [-0.1, -0.05) is 12.2 Å². The Morgan fingerprint density at radius 1 is 1.50 bits per heavy atom. The number of sulfonamides is 1. The molecule has 0 spiro atoms. The molecule has 58 valence electrons. The van der Waals surface area contributed by atoms with E-state index in [1.165, 1.54) is 0 Å². The van der Waals surface area contributed by atoms with Gasteiger partial charge in [0.05, 0.1) is 5.25 Å². The van der Waals surface area contributed by atoms with Crippen LogP contribution in [0.3, 0.4) is 0 Å². The fourth-order valence-corrected chi connectivity index (χ4v) is 1.88. The molecule has 0 radical (unpaired) electrons. The first kappa shape index (κ1) is 7.75. The van der Waals surface area contributed by atoms with Crippen LogP contribution in [-0.4, -0.2) is 13.7 Å². The summed E-state index contributed by atoms with van der Waals surface area (Å²) < 4.78 is 21.4. The standard InChI is InChI=1S/C6H11NO2S/c7-10(8,9)6-4-2-1-3-5-6/h2,4,6H,1,3,5H2,(H2,7,8,9). The first-order chi connectivity index (χ1) is 4.61. The Balaban J connectivity index is 2.74. The molecule has 10 heavy (non-hydrogen) atoms. The normalized spacial score (nSPS) is 26.7. The molecular weight excluding hydrogens is 150 g/mol. The summed E-state index contributed by atoms with van der Waals surface area (Å²) in [6.07, 6.45) is 6.14. The van der Waals surface area contributed by atoms with Crippen molar-refractivity contribution in [1.82, 2.24) is 0 Å². The van der Waals surface area contributed by atoms with Gasteiger partial charge >= 0.3 is 0 Å². The predicted molar refractivity (Wildman–Crippen MR) is 39.9 cm³/mol. The summed E-state index contributed by atoms with van der Waals surface area (Å²) in [5, 5.41) is 4.50. The van der Waals surface area contributed by atoms with Crippen LogP contribution < -0.4 is 5.14 Å². The Hall–Kier alpha value is -0.350. The number of hydrogen-bond acceptors (Lipinski definition) is 2. The van der Waals surface area contributed by atoms with E-state index in [-0.39, 0.29) is 0 Å². The molecule has 0 bridgehead atoms. The maximum Gasteiger partial charge on any atom is 0.215 e. The van der Waals surface area contributed by atoms with Gasteiger partial charge in [-0.3, -0.25) is 0 Å². The van der Waals surface area contributed by atoms with Crippen molar-refractivity contribution in [2.75, 3.05) is 0 Å². The van der Waals surface area contributed by atoms with Crippen molar-refractivity contribution in [2.24, 2.45) is 5.14 Å². The lowest BCUT2D eigenvalue weighted by molar-refractivity contribution is 0.579. The summed E-state index contributed by atoms with van der Waals surface area (Å²) >= 11 is 0. The van der Waals surface area contributed by atoms with Crippen molar-refractivity contribution < 1.29 is 8.42 Å². The van der Waals surface area contributed by atoms with Crippen molar-refractivity contribution in [3.05, 3.63) is 12.2 Å². The Kier molecular flexibility index (Phi) is 2.11. The molecule has 1 aliphatic rings. The van der Waals surface area contributed by atoms with Gasteiger partial charge in [-0.05, 0) is 19.3 Å². The lowest BCUT2D eigenvalue weighted by Crippen LogP contribution is -2.27. The molecule has 0 aromatic rings. The fourth-order valence-electron chi connectivity index (χ4n) is 1.05. The molecule has 0 heterocycles. The summed E-state index contributed by atoms with van der Waals surface area (Å²) in [7, 11) is -3.31. The third-order valence-electron chi connectivity index (χ3n) is 1.63. The van der Waals surface area contributed by atoms with Gasteiger partial charge in [0.15, 0.2) is 0 Å². The van der Waals surface area contributed by atoms with Gasteiger partial charge in [-0.2, -0.15) is 0 Å². The zero-order valence-electron chi connectivity index (χ0n) is 5.66. The van der Waals surface area contributed by atoms with E-state index < -0.39 is 15.3 Å². The zero-order chi connectivity index (χ0) is 7.61. The summed E-state index contributed by atoms with van der Waals surface area (Å²) in [4.78, 5) is 0. The monoisotopic (exact) mass is 161 g/mol. The molecule has 0 saturated carbocycles. The molecule has 0 aromatic carbocycles. The number of allylic oxidation sites excluding steroid dienone is 1. The van der Waals surface area contributed by atoms with E-state index in [1.807, 2.05) is 6.08 Å². The second kappa shape index (κ2) is 2.72. The molecule has 0 aromatic heterocycles. The first-order valence-corrected chi connectivity index (χ1v) is 4.90. The van der Waals surface area contributed by atoms with Gasteiger partial charge < -0.3 is 0 Å². The second-order valence-electron chi connectivity index (χ2n) is 2.49. The van der Waals surface area contributed by atoms with Crippen LogP contribution in [0.25, 0.3) is 0 Å². The predicted octanol–water partition coefficient (Wildman–Crippen LogP) is 0.384. The lowest BCUT2D eigenvalue weighted by atomic mass is 10.1. The molecule has 0 saturated heterocycles. The van der Waals surface area contributed by atoms with Crippen LogP contribution in [0.1, 0.15) is 19.3 Å². The highest BCUT2D eigenvalue weighted by atomic mass is 32.2. The molecule has 4 heteroatoms. The summed E-state index contributed by atoms with van der Waals surface area (Å²) in [6, 6.07) is 0. The lowest BCUT2D eigenvalue weighted by Gasteiger charge is -2.12. The fraction of sp³-hybridized carbons (Fsp3) is 0.667. The van der Waals surface area contributed by atoms with E-state index in [2.05, 4.69) is 0 Å². The van der Waals surface area contributed by atoms with Gasteiger partial charge in [-0.15, -0.1) is 0 Å². The largest absolute Gasteiger partial charge is 0.228 e. The van der Waals surface area contributed by atoms with Crippen molar-refractivity contribution in [2.45, 2.75) is 24.5 Å². The molecule has 0 fully saturated rings. The van der Waals surface area contributed by atoms with Crippen LogP contribution in [0, 0.1) is 0 Å². The van der Waals surface area contributed by atoms with E-state index in [1.54, 1.807) is 6.08 Å². The van der Waals surface area contributed by atoms with Gasteiger partial charge in [0.1, 0.15) is 0 Å². The van der Waals surface area contributed by atoms with E-state index in [0.717, 1.165) is 12.8 Å². The van der Waals surface area contributed by atoms with Gasteiger partial charge in [0.25, 0.3) is 0 Å². The van der Waals surface area contributed by atoms with Gasteiger partial charge in [0.2, 0.25) is 10.0 Å². The summed E-state index contributed by atoms with van der Waals surface area (Å²) in [5.74, 6) is 0. The molecule has 1 atom stereocenters. The zero-order valence-corrected chi connectivity index (χ0v) is 6.47. The van der Waals surface area contributed by atoms with Crippen LogP contribution in [0.5, 0.6) is 0 Å². The quantitative estimate of drug-likeness (QED) is 0.565. The number of nitrogens with two attached hydrogens (primary N) is 1. The first-order valence-electron chi connectivity index (χ1n) is 3.29. The van der Waals surface area contributed by atoms with Crippen LogP contribution in [0.4, 0.5) is 0 Å². The molecule has 2 N–H and O–H groups in total. The van der Waals surface area contributed by atoms with Crippen LogP contribution in [0.2, 0.25) is 0 Å². The van der Waals surface area contributed by atoms with E-state index in [4.69, 9.17) is 5.14 Å². The minimum Gasteiger partial charge on any atom is -0.228 e. The Morgan fingerprint density at radius 2 is 2.20 bits per heavy atom. The topological polar surface area (TPSA) is 60.2 Å². The van der Waals surface area contributed by atoms with Crippen molar-refractivity contribution in [3.63, 3.8) is 0 Å². The molecule has 0 aliphatic heterocycles. The van der Waals surface area contributed by atoms with Gasteiger partial charge in [-0.25, -0.2) is 13.6 Å². The SMILES string of the molecule is NS(=O)(=O)C1C=CCCC1. The van der Waals surface area contributed by atoms with Gasteiger partial charge in [0, 0.05) is 0 Å². The molecule has 3 nitrogen and oxygen atoms in total. The molecule has 1 aliphatic carbocycles. The highest BCUT2D eigenvalue weighted by Gasteiger charge is 2.19. The maximum atomic E-state index is 10.7. The molecular formula is C6H11NO2S.